The second-order valence-electron chi connectivity index (χ2n) is 5.59. The van der Waals surface area contributed by atoms with E-state index in [1.807, 2.05) is 37.3 Å². The molecule has 124 valence electrons. The zero-order valence-corrected chi connectivity index (χ0v) is 13.9. The van der Waals surface area contributed by atoms with E-state index in [4.69, 9.17) is 0 Å². The van der Waals surface area contributed by atoms with Crippen molar-refractivity contribution in [2.75, 3.05) is 0 Å². The van der Waals surface area contributed by atoms with Gasteiger partial charge in [0.15, 0.2) is 0 Å². The lowest BCUT2D eigenvalue weighted by atomic mass is 10.0. The predicted molar refractivity (Wildman–Crippen MR) is 94.5 cm³/mol. The lowest BCUT2D eigenvalue weighted by molar-refractivity contribution is 0.603. The van der Waals surface area contributed by atoms with Gasteiger partial charge in [-0.05, 0) is 19.4 Å². The van der Waals surface area contributed by atoms with Crippen molar-refractivity contribution < 1.29 is 0 Å². The fourth-order valence-electron chi connectivity index (χ4n) is 3.07. The number of nitrogens with zero attached hydrogens (tertiary/aromatic N) is 3. The highest BCUT2D eigenvalue weighted by Crippen LogP contribution is 2.24. The molecule has 1 aromatic carbocycles. The van der Waals surface area contributed by atoms with Crippen molar-refractivity contribution in [3.63, 3.8) is 0 Å². The Balaban J connectivity index is 2.67. The molecule has 0 aliphatic carbocycles. The zero-order chi connectivity index (χ0) is 17.4. The van der Waals surface area contributed by atoms with Crippen molar-refractivity contribution >= 4 is 11.0 Å². The fraction of sp³-hybridized carbons (Fsp3) is 0.278. The molecule has 0 aliphatic heterocycles. The van der Waals surface area contributed by atoms with Crippen LogP contribution in [0.3, 0.4) is 0 Å². The molecule has 0 unspecified atom stereocenters. The average molecular weight is 325 g/mol. The molecule has 2 aromatic heterocycles. The van der Waals surface area contributed by atoms with E-state index in [2.05, 4.69) is 0 Å². The Morgan fingerprint density at radius 1 is 0.875 bits per heavy atom. The van der Waals surface area contributed by atoms with Gasteiger partial charge >= 0.3 is 5.69 Å². The molecule has 3 aromatic rings. The second kappa shape index (κ2) is 5.96. The molecule has 0 aliphatic rings. The summed E-state index contributed by atoms with van der Waals surface area (Å²) in [5, 5.41) is 0. The van der Waals surface area contributed by atoms with E-state index in [0.717, 1.165) is 5.56 Å². The van der Waals surface area contributed by atoms with Gasteiger partial charge in [-0.25, -0.2) is 4.79 Å². The predicted octanol–water partition coefficient (Wildman–Crippen LogP) is 1.57. The van der Waals surface area contributed by atoms with Crippen LogP contribution in [0.1, 0.15) is 13.8 Å². The lowest BCUT2D eigenvalue weighted by Crippen LogP contribution is -2.41. The lowest BCUT2D eigenvalue weighted by Gasteiger charge is -2.17. The van der Waals surface area contributed by atoms with Crippen molar-refractivity contribution in [2.24, 2.45) is 7.05 Å². The van der Waals surface area contributed by atoms with E-state index in [0.29, 0.717) is 17.6 Å². The molecule has 0 saturated heterocycles. The van der Waals surface area contributed by atoms with Gasteiger partial charge in [0.2, 0.25) is 0 Å². The Hall–Kier alpha value is -2.89. The van der Waals surface area contributed by atoms with Gasteiger partial charge in [0.05, 0.1) is 5.52 Å². The highest BCUT2D eigenvalue weighted by molar-refractivity contribution is 5.91. The van der Waals surface area contributed by atoms with Gasteiger partial charge in [-0.3, -0.25) is 18.7 Å². The van der Waals surface area contributed by atoms with Crippen molar-refractivity contribution in [1.82, 2.24) is 13.7 Å². The quantitative estimate of drug-likeness (QED) is 0.734. The first-order chi connectivity index (χ1) is 11.5. The molecule has 0 bridgehead atoms. The monoisotopic (exact) mass is 325 g/mol. The third-order valence-electron chi connectivity index (χ3n) is 4.31. The Labute approximate surface area is 138 Å². The minimum Gasteiger partial charge on any atom is -0.305 e. The number of aryl methyl sites for hydroxylation is 2. The van der Waals surface area contributed by atoms with Crippen LogP contribution in [0.5, 0.6) is 0 Å². The number of pyridine rings is 1. The molecule has 2 heterocycles. The summed E-state index contributed by atoms with van der Waals surface area (Å²) < 4.78 is 4.05. The fourth-order valence-corrected chi connectivity index (χ4v) is 3.07. The van der Waals surface area contributed by atoms with Crippen LogP contribution in [0.15, 0.2) is 50.8 Å². The zero-order valence-electron chi connectivity index (χ0n) is 13.9. The highest BCUT2D eigenvalue weighted by atomic mass is 16.2. The summed E-state index contributed by atoms with van der Waals surface area (Å²) in [4.78, 5) is 37.9. The standard InChI is InChI=1S/C18H19N3O3/c1-4-20-15-13(12-9-7-6-8-10-12)11-14(22)19(3)16(15)17(23)21(5-2)18(20)24/h6-11H,4-5H2,1-3H3. The minimum absolute atomic E-state index is 0.254. The largest absolute Gasteiger partial charge is 0.331 e. The average Bonchev–Trinajstić information content (AvgIpc) is 2.59. The summed E-state index contributed by atoms with van der Waals surface area (Å²) in [6, 6.07) is 10.8. The first kappa shape index (κ1) is 16.0. The van der Waals surface area contributed by atoms with Crippen LogP contribution >= 0.6 is 0 Å². The summed E-state index contributed by atoms with van der Waals surface area (Å²) in [5.74, 6) is 0. The molecule has 0 amide bonds. The topological polar surface area (TPSA) is 66.0 Å². The van der Waals surface area contributed by atoms with Gasteiger partial charge in [0.1, 0.15) is 5.52 Å². The number of aromatic nitrogens is 3. The Morgan fingerprint density at radius 2 is 1.50 bits per heavy atom. The van der Waals surface area contributed by atoms with Gasteiger partial charge in [0.25, 0.3) is 11.1 Å². The number of hydrogen-bond donors (Lipinski definition) is 0. The van der Waals surface area contributed by atoms with Gasteiger partial charge in [0, 0.05) is 31.8 Å². The molecule has 24 heavy (non-hydrogen) atoms. The van der Waals surface area contributed by atoms with Crippen molar-refractivity contribution in [2.45, 2.75) is 26.9 Å². The molecular weight excluding hydrogens is 306 g/mol. The molecule has 3 rings (SSSR count). The summed E-state index contributed by atoms with van der Waals surface area (Å²) in [5.41, 5.74) is 1.11. The minimum atomic E-state index is -0.431. The molecule has 0 radical (unpaired) electrons. The highest BCUT2D eigenvalue weighted by Gasteiger charge is 2.18. The summed E-state index contributed by atoms with van der Waals surface area (Å²) >= 11 is 0. The summed E-state index contributed by atoms with van der Waals surface area (Å²) in [6.45, 7) is 4.27. The molecule has 0 N–H and O–H groups in total. The van der Waals surface area contributed by atoms with E-state index in [9.17, 15) is 14.4 Å². The van der Waals surface area contributed by atoms with Crippen LogP contribution in [0.4, 0.5) is 0 Å². The third-order valence-corrected chi connectivity index (χ3v) is 4.31. The molecule has 0 atom stereocenters. The van der Waals surface area contributed by atoms with E-state index in [1.165, 1.54) is 15.2 Å². The number of fused-ring (bicyclic) bond motifs is 1. The van der Waals surface area contributed by atoms with Crippen LogP contribution in [0.25, 0.3) is 22.2 Å². The van der Waals surface area contributed by atoms with Crippen LogP contribution in [0.2, 0.25) is 0 Å². The number of hydrogen-bond acceptors (Lipinski definition) is 3. The first-order valence-electron chi connectivity index (χ1n) is 7.94. The third kappa shape index (κ3) is 2.22. The molecule has 0 saturated carbocycles. The van der Waals surface area contributed by atoms with E-state index >= 15 is 0 Å². The van der Waals surface area contributed by atoms with Crippen LogP contribution in [-0.2, 0) is 20.1 Å². The molecule has 6 nitrogen and oxygen atoms in total. The molecular formula is C18H19N3O3. The van der Waals surface area contributed by atoms with Gasteiger partial charge in [-0.15, -0.1) is 0 Å². The van der Waals surface area contributed by atoms with Crippen molar-refractivity contribution in [3.05, 3.63) is 67.6 Å². The van der Waals surface area contributed by atoms with Gasteiger partial charge in [-0.2, -0.15) is 0 Å². The molecule has 0 fully saturated rings. The Morgan fingerprint density at radius 3 is 2.08 bits per heavy atom. The van der Waals surface area contributed by atoms with Gasteiger partial charge in [-0.1, -0.05) is 30.3 Å². The number of benzene rings is 1. The maximum atomic E-state index is 12.8. The smallest absolute Gasteiger partial charge is 0.305 e. The first-order valence-corrected chi connectivity index (χ1v) is 7.94. The maximum absolute atomic E-state index is 12.8. The number of rotatable bonds is 3. The Kier molecular flexibility index (Phi) is 3.97. The maximum Gasteiger partial charge on any atom is 0.331 e. The summed E-state index contributed by atoms with van der Waals surface area (Å²) in [7, 11) is 1.56. The molecule has 6 heteroatoms. The van der Waals surface area contributed by atoms with Gasteiger partial charge < -0.3 is 4.57 Å². The van der Waals surface area contributed by atoms with Crippen LogP contribution < -0.4 is 16.8 Å². The SMILES string of the molecule is CCn1c(=O)c2c(c(-c3ccccc3)cc(=O)n2C)n(CC)c1=O. The van der Waals surface area contributed by atoms with E-state index in [1.54, 1.807) is 18.5 Å². The van der Waals surface area contributed by atoms with Crippen LogP contribution in [0, 0.1) is 0 Å². The normalized spacial score (nSPS) is 11.1. The van der Waals surface area contributed by atoms with E-state index < -0.39 is 5.56 Å². The van der Waals surface area contributed by atoms with E-state index in [-0.39, 0.29) is 23.3 Å². The Bertz CT molecular complexity index is 1090. The van der Waals surface area contributed by atoms with Crippen molar-refractivity contribution in [1.29, 1.82) is 0 Å². The molecule has 0 spiro atoms. The van der Waals surface area contributed by atoms with Crippen LogP contribution in [-0.4, -0.2) is 13.7 Å². The second-order valence-corrected chi connectivity index (χ2v) is 5.59. The summed E-state index contributed by atoms with van der Waals surface area (Å²) in [6.07, 6.45) is 0. The van der Waals surface area contributed by atoms with Crippen molar-refractivity contribution in [3.8, 4) is 11.1 Å².